The van der Waals surface area contributed by atoms with Crippen LogP contribution in [0.3, 0.4) is 0 Å². The molecular formula is C57H88O12. The Morgan fingerprint density at radius 1 is 0.507 bits per heavy atom. The van der Waals surface area contributed by atoms with Gasteiger partial charge in [0.1, 0.15) is 18.8 Å². The smallest absolute Gasteiger partial charge is 0.335 e. The average molecular weight is 965 g/mol. The van der Waals surface area contributed by atoms with E-state index < -0.39 is 67.3 Å². The summed E-state index contributed by atoms with van der Waals surface area (Å²) >= 11 is 0. The average Bonchev–Trinajstić information content (AvgIpc) is 3.33. The lowest BCUT2D eigenvalue weighted by Gasteiger charge is -2.40. The van der Waals surface area contributed by atoms with E-state index >= 15 is 0 Å². The van der Waals surface area contributed by atoms with Crippen molar-refractivity contribution in [3.05, 3.63) is 109 Å². The summed E-state index contributed by atoms with van der Waals surface area (Å²) in [5.41, 5.74) is 0. The molecular weight excluding hydrogens is 877 g/mol. The van der Waals surface area contributed by atoms with Gasteiger partial charge in [0.2, 0.25) is 0 Å². The number of aliphatic hydroxyl groups is 2. The molecule has 0 amide bonds. The van der Waals surface area contributed by atoms with Gasteiger partial charge < -0.3 is 39.0 Å². The predicted molar refractivity (Wildman–Crippen MR) is 275 cm³/mol. The van der Waals surface area contributed by atoms with Crippen LogP contribution in [0, 0.1) is 0 Å². The molecule has 0 saturated carbocycles. The van der Waals surface area contributed by atoms with Gasteiger partial charge in [-0.15, -0.1) is 0 Å². The summed E-state index contributed by atoms with van der Waals surface area (Å²) in [6, 6.07) is 0. The minimum absolute atomic E-state index is 0.0102. The molecule has 0 aromatic rings. The summed E-state index contributed by atoms with van der Waals surface area (Å²) in [5, 5.41) is 31.3. The van der Waals surface area contributed by atoms with Gasteiger partial charge >= 0.3 is 23.9 Å². The Kier molecular flexibility index (Phi) is 40.3. The van der Waals surface area contributed by atoms with Gasteiger partial charge in [0.05, 0.1) is 13.0 Å². The molecule has 1 rings (SSSR count). The maximum atomic E-state index is 13.0. The lowest BCUT2D eigenvalue weighted by atomic mass is 9.98. The molecule has 69 heavy (non-hydrogen) atoms. The zero-order valence-electron chi connectivity index (χ0n) is 42.3. The van der Waals surface area contributed by atoms with Crippen LogP contribution in [0.4, 0.5) is 0 Å². The fourth-order valence-electron chi connectivity index (χ4n) is 6.90. The number of hydrogen-bond acceptors (Lipinski definition) is 11. The molecule has 0 bridgehead atoms. The molecule has 12 nitrogen and oxygen atoms in total. The molecule has 0 spiro atoms. The number of carboxylic acids is 1. The summed E-state index contributed by atoms with van der Waals surface area (Å²) < 4.78 is 28.1. The van der Waals surface area contributed by atoms with Crippen LogP contribution in [0.1, 0.15) is 175 Å². The minimum Gasteiger partial charge on any atom is -0.479 e. The first-order chi connectivity index (χ1) is 33.6. The maximum Gasteiger partial charge on any atom is 0.335 e. The second-order valence-corrected chi connectivity index (χ2v) is 17.1. The third kappa shape index (κ3) is 35.2. The van der Waals surface area contributed by atoms with E-state index in [-0.39, 0.29) is 25.9 Å². The Bertz CT molecular complexity index is 1620. The molecule has 1 fully saturated rings. The van der Waals surface area contributed by atoms with Crippen LogP contribution in [-0.4, -0.2) is 89.2 Å². The van der Waals surface area contributed by atoms with Gasteiger partial charge in [-0.3, -0.25) is 14.4 Å². The molecule has 3 N–H and O–H groups in total. The van der Waals surface area contributed by atoms with Crippen LogP contribution in [0.25, 0.3) is 0 Å². The number of aliphatic hydroxyl groups excluding tert-OH is 2. The SMILES string of the molecule is CC/C=C\C/C=C\C/C=C\C/C=C\C/C=C\CC(=O)OCC(COC1OC(C(=O)O)C(O)C(O)C1OC(=O)CCCCC/C=C\C/C=C\C/C=C\CC)OC(=O)CCCCCCC/C=C\CCCC. The lowest BCUT2D eigenvalue weighted by Crippen LogP contribution is -2.61. The van der Waals surface area contributed by atoms with Crippen molar-refractivity contribution in [1.82, 2.24) is 0 Å². The molecule has 0 radical (unpaired) electrons. The second kappa shape index (κ2) is 44.6. The van der Waals surface area contributed by atoms with Crippen molar-refractivity contribution in [3.63, 3.8) is 0 Å². The van der Waals surface area contributed by atoms with Crippen molar-refractivity contribution in [3.8, 4) is 0 Å². The number of hydrogen-bond donors (Lipinski definition) is 3. The first-order valence-electron chi connectivity index (χ1n) is 25.9. The van der Waals surface area contributed by atoms with Crippen molar-refractivity contribution < 1.29 is 58.2 Å². The Morgan fingerprint density at radius 3 is 1.49 bits per heavy atom. The van der Waals surface area contributed by atoms with Crippen molar-refractivity contribution in [1.29, 1.82) is 0 Å². The molecule has 12 heteroatoms. The van der Waals surface area contributed by atoms with E-state index in [0.29, 0.717) is 19.3 Å². The number of rotatable bonds is 41. The number of allylic oxidation sites excluding steroid dienone is 17. The van der Waals surface area contributed by atoms with E-state index in [9.17, 15) is 34.5 Å². The number of esters is 3. The summed E-state index contributed by atoms with van der Waals surface area (Å²) in [4.78, 5) is 50.7. The molecule has 0 aromatic heterocycles. The van der Waals surface area contributed by atoms with Gasteiger partial charge in [-0.1, -0.05) is 169 Å². The zero-order valence-corrected chi connectivity index (χ0v) is 42.3. The van der Waals surface area contributed by atoms with Crippen molar-refractivity contribution in [2.75, 3.05) is 13.2 Å². The molecule has 1 aliphatic heterocycles. The molecule has 0 aromatic carbocycles. The van der Waals surface area contributed by atoms with Crippen LogP contribution in [0.2, 0.25) is 0 Å². The molecule has 1 saturated heterocycles. The normalized spacial score (nSPS) is 19.6. The van der Waals surface area contributed by atoms with E-state index in [4.69, 9.17) is 23.7 Å². The Morgan fingerprint density at radius 2 is 0.957 bits per heavy atom. The highest BCUT2D eigenvalue weighted by Crippen LogP contribution is 2.26. The third-order valence-corrected chi connectivity index (χ3v) is 10.8. The number of carboxylic acid groups (broad SMARTS) is 1. The van der Waals surface area contributed by atoms with Gasteiger partial charge in [-0.05, 0) is 96.3 Å². The third-order valence-electron chi connectivity index (χ3n) is 10.8. The fourth-order valence-corrected chi connectivity index (χ4v) is 6.90. The summed E-state index contributed by atoms with van der Waals surface area (Å²) in [6.07, 6.45) is 46.8. The number of unbranched alkanes of at least 4 members (excludes halogenated alkanes) is 10. The summed E-state index contributed by atoms with van der Waals surface area (Å²) in [6.45, 7) is 5.56. The van der Waals surface area contributed by atoms with Gasteiger partial charge in [-0.2, -0.15) is 0 Å². The first kappa shape index (κ1) is 62.4. The van der Waals surface area contributed by atoms with Gasteiger partial charge in [0.25, 0.3) is 0 Å². The quantitative estimate of drug-likeness (QED) is 0.0229. The standard InChI is InChI=1S/C57H88O12/c1-4-7-10-13-16-19-22-24-25-27-29-31-34-37-40-43-49(58)65-46-48(67-50(59)44-41-38-35-32-28-21-18-15-12-9-6-3)47-66-57-55(53(62)52(61)54(69-57)56(63)64)68-51(60)45-42-39-36-33-30-26-23-20-17-14-11-8-5-2/h7-8,10-11,15-20,24-26,29-31,37,40,48,52-55,57,61-62H,4-6,9,12-14,21-23,27-28,32-36,38-39,41-47H2,1-3H3,(H,63,64)/b10-7-,11-8-,18-15-,19-16-,20-17-,25-24-,30-26-,31-29-,40-37-. The predicted octanol–water partition coefficient (Wildman–Crippen LogP) is 12.3. The Balaban J connectivity index is 2.82. The first-order valence-corrected chi connectivity index (χ1v) is 25.9. The molecule has 6 atom stereocenters. The van der Waals surface area contributed by atoms with Crippen molar-refractivity contribution in [2.45, 2.75) is 212 Å². The van der Waals surface area contributed by atoms with E-state index in [1.54, 1.807) is 6.08 Å². The fraction of sp³-hybridized carbons (Fsp3) is 0.614. The zero-order chi connectivity index (χ0) is 50.4. The van der Waals surface area contributed by atoms with Crippen LogP contribution in [-0.2, 0) is 42.9 Å². The molecule has 0 aliphatic carbocycles. The molecule has 6 unspecified atom stereocenters. The topological polar surface area (TPSA) is 175 Å². The molecule has 1 heterocycles. The second-order valence-electron chi connectivity index (χ2n) is 17.1. The number of carbonyl (C=O) groups is 4. The van der Waals surface area contributed by atoms with E-state index in [0.717, 1.165) is 103 Å². The molecule has 388 valence electrons. The highest BCUT2D eigenvalue weighted by atomic mass is 16.7. The van der Waals surface area contributed by atoms with Crippen LogP contribution in [0.15, 0.2) is 109 Å². The number of ether oxygens (including phenoxy) is 5. The Labute approximate surface area is 415 Å². The van der Waals surface area contributed by atoms with Gasteiger partial charge in [-0.25, -0.2) is 4.79 Å². The maximum absolute atomic E-state index is 13.0. The van der Waals surface area contributed by atoms with Crippen molar-refractivity contribution >= 4 is 23.9 Å². The minimum atomic E-state index is -1.93. The van der Waals surface area contributed by atoms with E-state index in [1.807, 2.05) is 12.2 Å². The molecule has 1 aliphatic rings. The summed E-state index contributed by atoms with van der Waals surface area (Å²) in [7, 11) is 0. The van der Waals surface area contributed by atoms with E-state index in [1.165, 1.54) is 12.8 Å². The highest BCUT2D eigenvalue weighted by molar-refractivity contribution is 5.74. The largest absolute Gasteiger partial charge is 0.479 e. The van der Waals surface area contributed by atoms with Crippen LogP contribution >= 0.6 is 0 Å². The van der Waals surface area contributed by atoms with Gasteiger partial charge in [0, 0.05) is 12.8 Å². The number of aliphatic carboxylic acids is 1. The summed E-state index contributed by atoms with van der Waals surface area (Å²) in [5.74, 6) is -3.36. The van der Waals surface area contributed by atoms with E-state index in [2.05, 4.69) is 112 Å². The number of carbonyl (C=O) groups excluding carboxylic acids is 3. The highest BCUT2D eigenvalue weighted by Gasteiger charge is 2.50. The van der Waals surface area contributed by atoms with Crippen molar-refractivity contribution in [2.24, 2.45) is 0 Å². The lowest BCUT2D eigenvalue weighted by molar-refractivity contribution is -0.301. The van der Waals surface area contributed by atoms with Gasteiger partial charge in [0.15, 0.2) is 24.6 Å². The van der Waals surface area contributed by atoms with Crippen LogP contribution < -0.4 is 0 Å². The van der Waals surface area contributed by atoms with Crippen LogP contribution in [0.5, 0.6) is 0 Å². The Hall–Kier alpha value is -4.62. The monoisotopic (exact) mass is 965 g/mol.